The third kappa shape index (κ3) is 3.91. The third-order valence-electron chi connectivity index (χ3n) is 3.56. The van der Waals surface area contributed by atoms with Crippen LogP contribution in [0.25, 0.3) is 0 Å². The number of pyridine rings is 1. The molecule has 2 aromatic rings. The normalized spacial score (nSPS) is 13.4. The van der Waals surface area contributed by atoms with E-state index in [1.165, 1.54) is 18.3 Å². The van der Waals surface area contributed by atoms with E-state index in [2.05, 4.69) is 15.6 Å². The SMILES string of the molecule is O=C(NC1CC1)c1ccnc(C(=O)NCc2ccccc2F)c1. The van der Waals surface area contributed by atoms with Crippen molar-refractivity contribution in [3.8, 4) is 0 Å². The smallest absolute Gasteiger partial charge is 0.270 e. The van der Waals surface area contributed by atoms with Gasteiger partial charge in [-0.3, -0.25) is 14.6 Å². The zero-order valence-electron chi connectivity index (χ0n) is 12.4. The van der Waals surface area contributed by atoms with Crippen LogP contribution >= 0.6 is 0 Å². The number of nitrogens with zero attached hydrogens (tertiary/aromatic N) is 1. The molecule has 1 aliphatic rings. The Kier molecular flexibility index (Phi) is 4.32. The molecule has 23 heavy (non-hydrogen) atoms. The third-order valence-corrected chi connectivity index (χ3v) is 3.56. The van der Waals surface area contributed by atoms with Gasteiger partial charge in [0.2, 0.25) is 0 Å². The van der Waals surface area contributed by atoms with E-state index in [0.717, 1.165) is 12.8 Å². The predicted molar refractivity (Wildman–Crippen MR) is 82.3 cm³/mol. The van der Waals surface area contributed by atoms with Crippen molar-refractivity contribution in [2.45, 2.75) is 25.4 Å². The van der Waals surface area contributed by atoms with Gasteiger partial charge >= 0.3 is 0 Å². The van der Waals surface area contributed by atoms with Crippen LogP contribution in [-0.2, 0) is 6.54 Å². The molecule has 1 saturated carbocycles. The first kappa shape index (κ1) is 15.1. The minimum absolute atomic E-state index is 0.0612. The Morgan fingerprint density at radius 3 is 2.70 bits per heavy atom. The van der Waals surface area contributed by atoms with E-state index < -0.39 is 5.91 Å². The minimum atomic E-state index is -0.450. The van der Waals surface area contributed by atoms with Crippen LogP contribution in [0.3, 0.4) is 0 Å². The largest absolute Gasteiger partial charge is 0.349 e. The number of amides is 2. The van der Waals surface area contributed by atoms with Gasteiger partial charge in [-0.1, -0.05) is 18.2 Å². The van der Waals surface area contributed by atoms with Crippen molar-refractivity contribution in [1.82, 2.24) is 15.6 Å². The predicted octanol–water partition coefficient (Wildman–Crippen LogP) is 2.04. The first-order chi connectivity index (χ1) is 11.1. The van der Waals surface area contributed by atoms with Crippen molar-refractivity contribution in [3.05, 3.63) is 65.2 Å². The van der Waals surface area contributed by atoms with Gasteiger partial charge in [-0.25, -0.2) is 4.39 Å². The van der Waals surface area contributed by atoms with Crippen LogP contribution in [0.1, 0.15) is 39.3 Å². The van der Waals surface area contributed by atoms with Gasteiger partial charge in [-0.2, -0.15) is 0 Å². The van der Waals surface area contributed by atoms with E-state index in [-0.39, 0.29) is 30.0 Å². The molecule has 0 radical (unpaired) electrons. The molecule has 2 N–H and O–H groups in total. The zero-order chi connectivity index (χ0) is 16.2. The summed E-state index contributed by atoms with van der Waals surface area (Å²) < 4.78 is 13.5. The summed E-state index contributed by atoms with van der Waals surface area (Å²) in [7, 11) is 0. The van der Waals surface area contributed by atoms with Crippen molar-refractivity contribution < 1.29 is 14.0 Å². The highest BCUT2D eigenvalue weighted by Gasteiger charge is 2.24. The van der Waals surface area contributed by atoms with E-state index in [0.29, 0.717) is 11.1 Å². The number of rotatable bonds is 5. The molecule has 5 nitrogen and oxygen atoms in total. The van der Waals surface area contributed by atoms with Gasteiger partial charge < -0.3 is 10.6 Å². The Balaban J connectivity index is 1.65. The first-order valence-electron chi connectivity index (χ1n) is 7.42. The summed E-state index contributed by atoms with van der Waals surface area (Å²) in [5, 5.41) is 5.46. The summed E-state index contributed by atoms with van der Waals surface area (Å²) >= 11 is 0. The van der Waals surface area contributed by atoms with Crippen LogP contribution in [0.4, 0.5) is 4.39 Å². The lowest BCUT2D eigenvalue weighted by Gasteiger charge is -2.07. The van der Waals surface area contributed by atoms with Crippen molar-refractivity contribution in [2.24, 2.45) is 0 Å². The molecule has 0 unspecified atom stereocenters. The molecular weight excluding hydrogens is 297 g/mol. The molecule has 0 aliphatic heterocycles. The average molecular weight is 313 g/mol. The van der Waals surface area contributed by atoms with E-state index in [9.17, 15) is 14.0 Å². The van der Waals surface area contributed by atoms with E-state index in [1.54, 1.807) is 24.3 Å². The number of carbonyl (C=O) groups excluding carboxylic acids is 2. The Hall–Kier alpha value is -2.76. The second-order valence-electron chi connectivity index (χ2n) is 5.45. The number of benzene rings is 1. The van der Waals surface area contributed by atoms with Crippen molar-refractivity contribution in [1.29, 1.82) is 0 Å². The highest BCUT2D eigenvalue weighted by molar-refractivity contribution is 5.98. The molecule has 118 valence electrons. The maximum Gasteiger partial charge on any atom is 0.270 e. The van der Waals surface area contributed by atoms with Crippen molar-refractivity contribution >= 4 is 11.8 Å². The summed E-state index contributed by atoms with van der Waals surface area (Å²) in [5.41, 5.74) is 0.913. The number of halogens is 1. The Morgan fingerprint density at radius 1 is 1.17 bits per heavy atom. The first-order valence-corrected chi connectivity index (χ1v) is 7.42. The van der Waals surface area contributed by atoms with Gasteiger partial charge in [0.15, 0.2) is 0 Å². The van der Waals surface area contributed by atoms with Crippen molar-refractivity contribution in [3.63, 3.8) is 0 Å². The Morgan fingerprint density at radius 2 is 1.96 bits per heavy atom. The summed E-state index contributed by atoms with van der Waals surface area (Å²) in [5.74, 6) is -1.04. The van der Waals surface area contributed by atoms with Gasteiger partial charge in [0, 0.05) is 29.9 Å². The molecule has 0 spiro atoms. The fourth-order valence-corrected chi connectivity index (χ4v) is 2.10. The van der Waals surface area contributed by atoms with Crippen LogP contribution < -0.4 is 10.6 Å². The molecule has 1 aromatic carbocycles. The molecule has 1 aliphatic carbocycles. The summed E-state index contributed by atoms with van der Waals surface area (Å²) in [4.78, 5) is 28.1. The van der Waals surface area contributed by atoms with Crippen LogP contribution in [0.5, 0.6) is 0 Å². The monoisotopic (exact) mass is 313 g/mol. The minimum Gasteiger partial charge on any atom is -0.349 e. The van der Waals surface area contributed by atoms with E-state index in [4.69, 9.17) is 0 Å². The molecule has 1 fully saturated rings. The molecule has 0 bridgehead atoms. The van der Waals surface area contributed by atoms with Gasteiger partial charge in [-0.15, -0.1) is 0 Å². The summed E-state index contributed by atoms with van der Waals surface area (Å²) in [6.45, 7) is 0.0612. The standard InChI is InChI=1S/C17H16FN3O2/c18-14-4-2-1-3-12(14)10-20-17(23)15-9-11(7-8-19-15)16(22)21-13-5-6-13/h1-4,7-9,13H,5-6,10H2,(H,20,23)(H,21,22). The Labute approximate surface area is 132 Å². The molecule has 6 heteroatoms. The molecule has 2 amide bonds. The van der Waals surface area contributed by atoms with E-state index >= 15 is 0 Å². The molecule has 0 saturated heterocycles. The van der Waals surface area contributed by atoms with Crippen LogP contribution in [0.15, 0.2) is 42.6 Å². The number of hydrogen-bond acceptors (Lipinski definition) is 3. The van der Waals surface area contributed by atoms with Gasteiger partial charge in [0.1, 0.15) is 11.5 Å². The number of nitrogens with one attached hydrogen (secondary N) is 2. The lowest BCUT2D eigenvalue weighted by molar-refractivity contribution is 0.0945. The summed E-state index contributed by atoms with van der Waals surface area (Å²) in [6.07, 6.45) is 3.40. The maximum absolute atomic E-state index is 13.5. The second-order valence-corrected chi connectivity index (χ2v) is 5.45. The van der Waals surface area contributed by atoms with Gasteiger partial charge in [0.25, 0.3) is 11.8 Å². The van der Waals surface area contributed by atoms with Gasteiger partial charge in [0.05, 0.1) is 0 Å². The van der Waals surface area contributed by atoms with E-state index in [1.807, 2.05) is 0 Å². The fourth-order valence-electron chi connectivity index (χ4n) is 2.10. The second kappa shape index (κ2) is 6.56. The number of aromatic nitrogens is 1. The highest BCUT2D eigenvalue weighted by atomic mass is 19.1. The fraction of sp³-hybridized carbons (Fsp3) is 0.235. The Bertz CT molecular complexity index is 744. The highest BCUT2D eigenvalue weighted by Crippen LogP contribution is 2.19. The summed E-state index contributed by atoms with van der Waals surface area (Å²) in [6, 6.07) is 9.47. The lowest BCUT2D eigenvalue weighted by Crippen LogP contribution is -2.27. The molecular formula is C17H16FN3O2. The average Bonchev–Trinajstić information content (AvgIpc) is 3.38. The zero-order valence-corrected chi connectivity index (χ0v) is 12.4. The van der Waals surface area contributed by atoms with Crippen LogP contribution in [-0.4, -0.2) is 22.8 Å². The lowest BCUT2D eigenvalue weighted by atomic mass is 10.2. The van der Waals surface area contributed by atoms with Crippen LogP contribution in [0.2, 0.25) is 0 Å². The number of carbonyl (C=O) groups is 2. The molecule has 0 atom stereocenters. The van der Waals surface area contributed by atoms with Crippen LogP contribution in [0, 0.1) is 5.82 Å². The van der Waals surface area contributed by atoms with Crippen molar-refractivity contribution in [2.75, 3.05) is 0 Å². The molecule has 3 rings (SSSR count). The molecule has 1 heterocycles. The topological polar surface area (TPSA) is 71.1 Å². The number of hydrogen-bond donors (Lipinski definition) is 2. The quantitative estimate of drug-likeness (QED) is 0.887. The van der Waals surface area contributed by atoms with Gasteiger partial charge in [-0.05, 0) is 31.0 Å². The molecule has 1 aromatic heterocycles. The maximum atomic E-state index is 13.5.